The fourth-order valence-electron chi connectivity index (χ4n) is 4.49. The van der Waals surface area contributed by atoms with Crippen molar-refractivity contribution in [3.05, 3.63) is 17.0 Å². The van der Waals surface area contributed by atoms with Crippen molar-refractivity contribution >= 4 is 5.97 Å². The van der Waals surface area contributed by atoms with E-state index in [0.717, 1.165) is 17.7 Å². The molecule has 0 aromatic carbocycles. The van der Waals surface area contributed by atoms with Crippen LogP contribution in [0.1, 0.15) is 59.8 Å². The Hall–Kier alpha value is -1.32. The first-order valence-corrected chi connectivity index (χ1v) is 6.54. The zero-order valence-corrected chi connectivity index (χ0v) is 9.70. The van der Waals surface area contributed by atoms with Crippen molar-refractivity contribution in [2.45, 2.75) is 44.4 Å². The molecule has 17 heavy (non-hydrogen) atoms. The van der Waals surface area contributed by atoms with Gasteiger partial charge in [-0.1, -0.05) is 19.3 Å². The fraction of sp³-hybridized carbons (Fsp3) is 0.692. The monoisotopic (exact) mass is 232 g/mol. The molecule has 2 N–H and O–H groups in total. The molecule has 2 fully saturated rings. The molecule has 0 radical (unpaired) electrons. The summed E-state index contributed by atoms with van der Waals surface area (Å²) in [5.74, 6) is 0.410. The minimum Gasteiger partial charge on any atom is -0.477 e. The van der Waals surface area contributed by atoms with Crippen LogP contribution in [-0.2, 0) is 6.42 Å². The van der Waals surface area contributed by atoms with Gasteiger partial charge in [-0.2, -0.15) is 5.10 Å². The number of aromatic amines is 1. The van der Waals surface area contributed by atoms with E-state index in [1.807, 2.05) is 0 Å². The van der Waals surface area contributed by atoms with Crippen LogP contribution in [0.15, 0.2) is 0 Å². The number of carboxylic acids is 1. The number of nitrogens with one attached hydrogen (secondary N) is 1. The van der Waals surface area contributed by atoms with Crippen molar-refractivity contribution in [1.29, 1.82) is 0 Å². The summed E-state index contributed by atoms with van der Waals surface area (Å²) in [6, 6.07) is 0. The van der Waals surface area contributed by atoms with Gasteiger partial charge in [0.1, 0.15) is 5.69 Å². The Morgan fingerprint density at radius 3 is 2.82 bits per heavy atom. The molecule has 3 aliphatic carbocycles. The Morgan fingerprint density at radius 2 is 2.12 bits per heavy atom. The predicted octanol–water partition coefficient (Wildman–Crippen LogP) is 2.33. The molecule has 0 bridgehead atoms. The maximum Gasteiger partial charge on any atom is 0.354 e. The minimum atomic E-state index is -0.863. The zero-order chi connectivity index (χ0) is 11.6. The largest absolute Gasteiger partial charge is 0.477 e. The molecule has 90 valence electrons. The molecule has 2 unspecified atom stereocenters. The second-order valence-electron chi connectivity index (χ2n) is 5.85. The number of carbonyl (C=O) groups is 1. The van der Waals surface area contributed by atoms with Gasteiger partial charge in [0.2, 0.25) is 0 Å². The standard InChI is InChI=1S/C13H16N2O2/c16-12(17)11-7-6-8-9(10(7)14-15-11)13(8)4-2-1-3-5-13/h8-9H,1-6H2,(H,14,15)(H,16,17). The zero-order valence-electron chi connectivity index (χ0n) is 9.70. The SMILES string of the molecule is O=C(O)c1[nH]nc2c1CC1C2C12CCCCC2. The lowest BCUT2D eigenvalue weighted by molar-refractivity contribution is 0.0689. The summed E-state index contributed by atoms with van der Waals surface area (Å²) in [6.45, 7) is 0. The normalized spacial score (nSPS) is 32.2. The predicted molar refractivity (Wildman–Crippen MR) is 61.0 cm³/mol. The van der Waals surface area contributed by atoms with Crippen LogP contribution >= 0.6 is 0 Å². The molecule has 0 saturated heterocycles. The van der Waals surface area contributed by atoms with Crippen LogP contribution in [-0.4, -0.2) is 21.3 Å². The maximum atomic E-state index is 11.0. The smallest absolute Gasteiger partial charge is 0.354 e. The lowest BCUT2D eigenvalue weighted by atomic mass is 9.80. The molecule has 3 aliphatic rings. The van der Waals surface area contributed by atoms with Gasteiger partial charge in [0.15, 0.2) is 0 Å². The molecule has 1 aromatic rings. The number of carboxylic acid groups (broad SMARTS) is 1. The minimum absolute atomic E-state index is 0.332. The first-order valence-electron chi connectivity index (χ1n) is 6.54. The third kappa shape index (κ3) is 1.04. The lowest BCUT2D eigenvalue weighted by Crippen LogP contribution is -2.14. The molecule has 0 aliphatic heterocycles. The van der Waals surface area contributed by atoms with Crippen molar-refractivity contribution in [2.75, 3.05) is 0 Å². The highest BCUT2D eigenvalue weighted by molar-refractivity contribution is 5.88. The highest BCUT2D eigenvalue weighted by atomic mass is 16.4. The number of hydrogen-bond acceptors (Lipinski definition) is 2. The van der Waals surface area contributed by atoms with Crippen LogP contribution in [0, 0.1) is 11.3 Å². The number of fused-ring (bicyclic) bond motifs is 5. The van der Waals surface area contributed by atoms with Crippen LogP contribution in [0.25, 0.3) is 0 Å². The fourth-order valence-corrected chi connectivity index (χ4v) is 4.49. The summed E-state index contributed by atoms with van der Waals surface area (Å²) in [6.07, 6.45) is 7.66. The number of rotatable bonds is 1. The van der Waals surface area contributed by atoms with Gasteiger partial charge < -0.3 is 5.11 Å². The topological polar surface area (TPSA) is 66.0 Å². The van der Waals surface area contributed by atoms with Crippen molar-refractivity contribution in [3.8, 4) is 0 Å². The summed E-state index contributed by atoms with van der Waals surface area (Å²) in [7, 11) is 0. The molecule has 4 nitrogen and oxygen atoms in total. The van der Waals surface area contributed by atoms with Crippen LogP contribution < -0.4 is 0 Å². The molecule has 1 heterocycles. The lowest BCUT2D eigenvalue weighted by Gasteiger charge is -2.25. The average molecular weight is 232 g/mol. The number of nitrogens with zero attached hydrogens (tertiary/aromatic N) is 1. The molecule has 2 atom stereocenters. The molecule has 4 heteroatoms. The molecular formula is C13H16N2O2. The van der Waals surface area contributed by atoms with Crippen LogP contribution in [0.4, 0.5) is 0 Å². The van der Waals surface area contributed by atoms with Gasteiger partial charge in [-0.05, 0) is 30.6 Å². The van der Waals surface area contributed by atoms with E-state index in [-0.39, 0.29) is 0 Å². The van der Waals surface area contributed by atoms with E-state index in [2.05, 4.69) is 10.2 Å². The summed E-state index contributed by atoms with van der Waals surface area (Å²) in [5, 5.41) is 16.1. The third-order valence-electron chi connectivity index (χ3n) is 5.27. The second-order valence-corrected chi connectivity index (χ2v) is 5.85. The van der Waals surface area contributed by atoms with Crippen molar-refractivity contribution in [3.63, 3.8) is 0 Å². The van der Waals surface area contributed by atoms with Gasteiger partial charge in [-0.25, -0.2) is 4.79 Å². The van der Waals surface area contributed by atoms with E-state index in [9.17, 15) is 4.79 Å². The quantitative estimate of drug-likeness (QED) is 0.781. The first-order chi connectivity index (χ1) is 8.24. The van der Waals surface area contributed by atoms with E-state index >= 15 is 0 Å². The molecular weight excluding hydrogens is 216 g/mol. The van der Waals surface area contributed by atoms with E-state index in [0.29, 0.717) is 22.9 Å². The molecule has 2 saturated carbocycles. The van der Waals surface area contributed by atoms with Crippen LogP contribution in [0.5, 0.6) is 0 Å². The van der Waals surface area contributed by atoms with Gasteiger partial charge in [-0.3, -0.25) is 5.10 Å². The van der Waals surface area contributed by atoms with Gasteiger partial charge in [0.25, 0.3) is 0 Å². The van der Waals surface area contributed by atoms with Gasteiger partial charge in [0.05, 0.1) is 5.69 Å². The van der Waals surface area contributed by atoms with Crippen molar-refractivity contribution < 1.29 is 9.90 Å². The Morgan fingerprint density at radius 1 is 1.35 bits per heavy atom. The van der Waals surface area contributed by atoms with Crippen LogP contribution in [0.3, 0.4) is 0 Å². The highest BCUT2D eigenvalue weighted by Gasteiger charge is 2.68. The Kier molecular flexibility index (Phi) is 1.66. The van der Waals surface area contributed by atoms with Crippen LogP contribution in [0.2, 0.25) is 0 Å². The van der Waals surface area contributed by atoms with E-state index in [1.165, 1.54) is 32.1 Å². The third-order valence-corrected chi connectivity index (χ3v) is 5.27. The van der Waals surface area contributed by atoms with Gasteiger partial charge in [0, 0.05) is 11.5 Å². The number of H-pyrrole nitrogens is 1. The number of aromatic nitrogens is 2. The molecule has 1 spiro atoms. The summed E-state index contributed by atoms with van der Waals surface area (Å²) >= 11 is 0. The summed E-state index contributed by atoms with van der Waals surface area (Å²) in [4.78, 5) is 11.0. The first kappa shape index (κ1) is 9.68. The second kappa shape index (κ2) is 2.92. The Labute approximate surface area is 99.4 Å². The maximum absolute atomic E-state index is 11.0. The van der Waals surface area contributed by atoms with Crippen molar-refractivity contribution in [1.82, 2.24) is 10.2 Å². The number of aromatic carboxylic acids is 1. The highest BCUT2D eigenvalue weighted by Crippen LogP contribution is 2.75. The molecule has 0 amide bonds. The molecule has 1 aromatic heterocycles. The molecule has 4 rings (SSSR count). The van der Waals surface area contributed by atoms with Gasteiger partial charge >= 0.3 is 5.97 Å². The van der Waals surface area contributed by atoms with Crippen molar-refractivity contribution in [2.24, 2.45) is 11.3 Å². The Bertz CT molecular complexity index is 500. The number of hydrogen-bond donors (Lipinski definition) is 2. The summed E-state index contributed by atoms with van der Waals surface area (Å²) < 4.78 is 0. The Balaban J connectivity index is 1.70. The van der Waals surface area contributed by atoms with E-state index in [4.69, 9.17) is 5.11 Å². The van der Waals surface area contributed by atoms with Gasteiger partial charge in [-0.15, -0.1) is 0 Å². The summed E-state index contributed by atoms with van der Waals surface area (Å²) in [5.41, 5.74) is 2.91. The van der Waals surface area contributed by atoms with E-state index < -0.39 is 5.97 Å². The average Bonchev–Trinajstić information content (AvgIpc) is 2.70. The van der Waals surface area contributed by atoms with E-state index in [1.54, 1.807) is 0 Å².